The van der Waals surface area contributed by atoms with Gasteiger partial charge in [0, 0.05) is 12.8 Å². The third kappa shape index (κ3) is 3.55. The maximum Gasteiger partial charge on any atom is 0.326 e. The molecule has 0 radical (unpaired) electrons. The zero-order valence-corrected chi connectivity index (χ0v) is 9.61. The average molecular weight is 239 g/mol. The van der Waals surface area contributed by atoms with Gasteiger partial charge in [0.25, 0.3) is 0 Å². The van der Waals surface area contributed by atoms with E-state index in [4.69, 9.17) is 5.11 Å². The Morgan fingerprint density at radius 2 is 2.06 bits per heavy atom. The van der Waals surface area contributed by atoms with Gasteiger partial charge in [-0.15, -0.1) is 0 Å². The largest absolute Gasteiger partial charge is 0.480 e. The molecule has 0 saturated heterocycles. The fourth-order valence-electron chi connectivity index (χ4n) is 1.60. The highest BCUT2D eigenvalue weighted by Crippen LogP contribution is 2.20. The summed E-state index contributed by atoms with van der Waals surface area (Å²) in [5, 5.41) is 11.4. The molecular weight excluding hydrogens is 225 g/mol. The Hall–Kier alpha value is -1.91. The van der Waals surface area contributed by atoms with Crippen LogP contribution in [0.3, 0.4) is 0 Å². The smallest absolute Gasteiger partial charge is 0.326 e. The Bertz CT molecular complexity index is 434. The van der Waals surface area contributed by atoms with Gasteiger partial charge >= 0.3 is 5.97 Å². The van der Waals surface area contributed by atoms with Gasteiger partial charge in [-0.05, 0) is 17.7 Å². The number of halogens is 1. The van der Waals surface area contributed by atoms with Gasteiger partial charge in [-0.25, -0.2) is 9.18 Å². The summed E-state index contributed by atoms with van der Waals surface area (Å²) in [5.74, 6) is -2.51. The van der Waals surface area contributed by atoms with Crippen molar-refractivity contribution in [3.05, 3.63) is 35.6 Å². The summed E-state index contributed by atoms with van der Waals surface area (Å²) in [6, 6.07) is 4.63. The van der Waals surface area contributed by atoms with Crippen LogP contribution in [0.25, 0.3) is 0 Å². The fraction of sp³-hybridized carbons (Fsp3) is 0.333. The molecule has 0 heterocycles. The quantitative estimate of drug-likeness (QED) is 0.837. The predicted molar refractivity (Wildman–Crippen MR) is 60.1 cm³/mol. The van der Waals surface area contributed by atoms with Crippen LogP contribution in [-0.2, 0) is 9.59 Å². The van der Waals surface area contributed by atoms with Crippen molar-refractivity contribution < 1.29 is 19.1 Å². The van der Waals surface area contributed by atoms with Gasteiger partial charge < -0.3 is 10.4 Å². The van der Waals surface area contributed by atoms with Crippen LogP contribution >= 0.6 is 0 Å². The second-order valence-electron chi connectivity index (χ2n) is 3.86. The van der Waals surface area contributed by atoms with Crippen LogP contribution in [0, 0.1) is 5.82 Å². The van der Waals surface area contributed by atoms with E-state index < -0.39 is 29.7 Å². The molecule has 0 aliphatic heterocycles. The van der Waals surface area contributed by atoms with Crippen LogP contribution in [0.15, 0.2) is 24.3 Å². The minimum absolute atomic E-state index is 0.429. The van der Waals surface area contributed by atoms with Crippen LogP contribution in [0.2, 0.25) is 0 Å². The summed E-state index contributed by atoms with van der Waals surface area (Å²) in [7, 11) is 0. The van der Waals surface area contributed by atoms with Gasteiger partial charge in [0.05, 0.1) is 0 Å². The van der Waals surface area contributed by atoms with E-state index in [-0.39, 0.29) is 0 Å². The van der Waals surface area contributed by atoms with Crippen molar-refractivity contribution >= 4 is 11.9 Å². The minimum atomic E-state index is -1.14. The lowest BCUT2D eigenvalue weighted by molar-refractivity contribution is -0.142. The van der Waals surface area contributed by atoms with E-state index in [9.17, 15) is 14.0 Å². The van der Waals surface area contributed by atoms with Crippen LogP contribution in [0.5, 0.6) is 0 Å². The molecule has 0 saturated carbocycles. The lowest BCUT2D eigenvalue weighted by Crippen LogP contribution is -2.43. The number of carboxylic acid groups (broad SMARTS) is 1. The molecule has 1 amide bonds. The highest BCUT2D eigenvalue weighted by Gasteiger charge is 2.26. The lowest BCUT2D eigenvalue weighted by Gasteiger charge is -2.21. The Labute approximate surface area is 98.5 Å². The molecule has 92 valence electrons. The fourth-order valence-corrected chi connectivity index (χ4v) is 1.60. The van der Waals surface area contributed by atoms with Crippen LogP contribution < -0.4 is 5.32 Å². The van der Waals surface area contributed by atoms with E-state index in [2.05, 4.69) is 5.32 Å². The van der Waals surface area contributed by atoms with Crippen molar-refractivity contribution in [1.29, 1.82) is 0 Å². The minimum Gasteiger partial charge on any atom is -0.480 e. The predicted octanol–water partition coefficient (Wildman–Crippen LogP) is 1.52. The Balaban J connectivity index is 2.95. The number of hydrogen-bond acceptors (Lipinski definition) is 2. The molecule has 0 aliphatic rings. The second-order valence-corrected chi connectivity index (χ2v) is 3.86. The van der Waals surface area contributed by atoms with E-state index in [1.54, 1.807) is 13.0 Å². The second kappa shape index (κ2) is 5.43. The Kier molecular flexibility index (Phi) is 4.20. The average Bonchev–Trinajstić information content (AvgIpc) is 2.24. The molecule has 0 spiro atoms. The third-order valence-corrected chi connectivity index (χ3v) is 2.50. The zero-order valence-electron chi connectivity index (χ0n) is 9.61. The first kappa shape index (κ1) is 13.2. The molecule has 0 unspecified atom stereocenters. The van der Waals surface area contributed by atoms with E-state index in [0.717, 1.165) is 0 Å². The highest BCUT2D eigenvalue weighted by molar-refractivity contribution is 5.83. The first-order chi connectivity index (χ1) is 7.91. The summed E-state index contributed by atoms with van der Waals surface area (Å²) < 4.78 is 13.0. The molecule has 4 nitrogen and oxygen atoms in total. The van der Waals surface area contributed by atoms with Gasteiger partial charge in [-0.3, -0.25) is 4.79 Å². The monoisotopic (exact) mass is 239 g/mol. The number of hydrogen-bond donors (Lipinski definition) is 2. The molecule has 17 heavy (non-hydrogen) atoms. The van der Waals surface area contributed by atoms with Crippen molar-refractivity contribution in [2.24, 2.45) is 0 Å². The van der Waals surface area contributed by atoms with Crippen molar-refractivity contribution in [2.45, 2.75) is 25.8 Å². The summed E-state index contributed by atoms with van der Waals surface area (Å²) in [6.45, 7) is 2.87. The molecule has 1 rings (SSSR count). The lowest BCUT2D eigenvalue weighted by atomic mass is 9.93. The first-order valence-corrected chi connectivity index (χ1v) is 5.17. The number of rotatable bonds is 4. The normalized spacial score (nSPS) is 13.8. The Morgan fingerprint density at radius 3 is 2.53 bits per heavy atom. The van der Waals surface area contributed by atoms with E-state index in [1.807, 2.05) is 0 Å². The Morgan fingerprint density at radius 1 is 1.41 bits per heavy atom. The number of carboxylic acids is 1. The number of amides is 1. The third-order valence-electron chi connectivity index (χ3n) is 2.50. The highest BCUT2D eigenvalue weighted by atomic mass is 19.1. The molecule has 5 heteroatoms. The van der Waals surface area contributed by atoms with E-state index >= 15 is 0 Å². The number of nitrogens with one attached hydrogen (secondary N) is 1. The topological polar surface area (TPSA) is 66.4 Å². The van der Waals surface area contributed by atoms with E-state index in [0.29, 0.717) is 5.56 Å². The molecular formula is C12H14FNO3. The summed E-state index contributed by atoms with van der Waals surface area (Å²) in [5.41, 5.74) is 0.533. The molecule has 1 aromatic carbocycles. The number of benzene rings is 1. The first-order valence-electron chi connectivity index (χ1n) is 5.17. The molecule has 0 bridgehead atoms. The van der Waals surface area contributed by atoms with Crippen LogP contribution in [0.1, 0.15) is 25.3 Å². The van der Waals surface area contributed by atoms with Crippen molar-refractivity contribution in [2.75, 3.05) is 0 Å². The molecule has 0 fully saturated rings. The summed E-state index contributed by atoms with van der Waals surface area (Å²) in [6.07, 6.45) is 0. The maximum absolute atomic E-state index is 13.0. The van der Waals surface area contributed by atoms with Crippen LogP contribution in [-0.4, -0.2) is 23.0 Å². The van der Waals surface area contributed by atoms with Gasteiger partial charge in [0.1, 0.15) is 11.9 Å². The van der Waals surface area contributed by atoms with Crippen molar-refractivity contribution in [3.63, 3.8) is 0 Å². The van der Waals surface area contributed by atoms with E-state index in [1.165, 1.54) is 25.1 Å². The van der Waals surface area contributed by atoms with Gasteiger partial charge in [0.15, 0.2) is 0 Å². The maximum atomic E-state index is 13.0. The molecule has 0 aromatic heterocycles. The number of carbonyl (C=O) groups excluding carboxylic acids is 1. The van der Waals surface area contributed by atoms with Gasteiger partial charge in [-0.2, -0.15) is 0 Å². The van der Waals surface area contributed by atoms with Crippen LogP contribution in [0.4, 0.5) is 4.39 Å². The van der Waals surface area contributed by atoms with Crippen molar-refractivity contribution in [3.8, 4) is 0 Å². The zero-order chi connectivity index (χ0) is 13.0. The molecule has 1 aromatic rings. The summed E-state index contributed by atoms with van der Waals surface area (Å²) >= 11 is 0. The molecule has 2 atom stereocenters. The van der Waals surface area contributed by atoms with Crippen molar-refractivity contribution in [1.82, 2.24) is 5.32 Å². The summed E-state index contributed by atoms with van der Waals surface area (Å²) in [4.78, 5) is 21.9. The number of aliphatic carboxylic acids is 1. The standard InChI is InChI=1S/C12H14FNO3/c1-7(9-4-3-5-10(13)6-9)11(12(16)17)14-8(2)15/h3-7,11H,1-2H3,(H,14,15)(H,16,17)/t7-,11-/m1/s1. The van der Waals surface area contributed by atoms with Gasteiger partial charge in [-0.1, -0.05) is 19.1 Å². The SMILES string of the molecule is CC(=O)N[C@@H](C(=O)O)[C@H](C)c1cccc(F)c1. The number of carbonyl (C=O) groups is 2. The molecule has 2 N–H and O–H groups in total. The molecule has 0 aliphatic carbocycles. The van der Waals surface area contributed by atoms with Gasteiger partial charge in [0.2, 0.25) is 5.91 Å².